The monoisotopic (exact) mass is 413 g/mol. The smallest absolute Gasteiger partial charge is 0.213 e. The van der Waals surface area contributed by atoms with Crippen LogP contribution in [0.3, 0.4) is 0 Å². The van der Waals surface area contributed by atoms with Crippen LogP contribution in [0.25, 0.3) is 55.0 Å². The number of hydrogen-bond acceptors (Lipinski definition) is 0. The molecule has 4 aromatic carbocycles. The fraction of sp³-hybridized carbons (Fsp3) is 0.100. The fourth-order valence-corrected chi connectivity index (χ4v) is 4.96. The maximum absolute atomic E-state index is 2.35. The summed E-state index contributed by atoms with van der Waals surface area (Å²) < 4.78 is 4.57. The van der Waals surface area contributed by atoms with E-state index in [0.717, 1.165) is 0 Å². The second-order valence-corrected chi connectivity index (χ2v) is 8.74. The number of aryl methyl sites for hydroxylation is 3. The first-order chi connectivity index (χ1) is 15.6. The molecule has 0 N–H and O–H groups in total. The predicted molar refractivity (Wildman–Crippen MR) is 135 cm³/mol. The molecule has 0 bridgehead atoms. The van der Waals surface area contributed by atoms with E-state index in [4.69, 9.17) is 0 Å². The van der Waals surface area contributed by atoms with Gasteiger partial charge in [-0.15, -0.1) is 0 Å². The van der Waals surface area contributed by atoms with Gasteiger partial charge in [-0.05, 0) is 58.7 Å². The minimum atomic E-state index is 1.24. The number of hydrogen-bond donors (Lipinski definition) is 0. The molecule has 2 aromatic heterocycles. The third kappa shape index (κ3) is 2.84. The van der Waals surface area contributed by atoms with Crippen molar-refractivity contribution in [2.75, 3.05) is 0 Å². The molecule has 0 fully saturated rings. The number of aromatic nitrogens is 2. The molecule has 2 heterocycles. The molecule has 0 aliphatic carbocycles. The summed E-state index contributed by atoms with van der Waals surface area (Å²) in [6, 6.07) is 33.0. The zero-order valence-electron chi connectivity index (χ0n) is 18.6. The molecule has 0 amide bonds. The first-order valence-electron chi connectivity index (χ1n) is 11.1. The van der Waals surface area contributed by atoms with Gasteiger partial charge < -0.3 is 4.57 Å². The first kappa shape index (κ1) is 18.8. The molecule has 6 rings (SSSR count). The van der Waals surface area contributed by atoms with Crippen molar-refractivity contribution >= 4 is 32.6 Å². The highest BCUT2D eigenvalue weighted by atomic mass is 15.0. The Morgan fingerprint density at radius 3 is 2.22 bits per heavy atom. The van der Waals surface area contributed by atoms with Crippen LogP contribution in [0.5, 0.6) is 0 Å². The highest BCUT2D eigenvalue weighted by molar-refractivity contribution is 6.13. The van der Waals surface area contributed by atoms with E-state index in [1.165, 1.54) is 60.5 Å². The standard InChI is InChI=1S/C30H25N2/c1-20-9-7-8-12-25(20)28-18-27-26-16-23-14-13-22(21-10-5-4-6-11-21)15-24(23)17-29(26)32(3)30(27)19-31(28)2/h4-19H,1-3H3/q+1. The van der Waals surface area contributed by atoms with Gasteiger partial charge in [0.15, 0.2) is 6.20 Å². The third-order valence-corrected chi connectivity index (χ3v) is 6.75. The SMILES string of the molecule is Cc1ccccc1-c1cc2c3cc4ccc(-c5ccccc5)cc4cc3n(C)c2c[n+]1C. The zero-order valence-corrected chi connectivity index (χ0v) is 18.6. The molecule has 0 atom stereocenters. The van der Waals surface area contributed by atoms with Crippen LogP contribution in [0, 0.1) is 6.92 Å². The van der Waals surface area contributed by atoms with E-state index < -0.39 is 0 Å². The number of rotatable bonds is 2. The van der Waals surface area contributed by atoms with Crippen molar-refractivity contribution in [3.05, 3.63) is 103 Å². The van der Waals surface area contributed by atoms with E-state index in [1.807, 2.05) is 0 Å². The lowest BCUT2D eigenvalue weighted by Gasteiger charge is -2.06. The molecule has 0 spiro atoms. The largest absolute Gasteiger partial charge is 0.339 e. The van der Waals surface area contributed by atoms with Gasteiger partial charge in [0.05, 0.1) is 0 Å². The van der Waals surface area contributed by atoms with Crippen LogP contribution in [0.2, 0.25) is 0 Å². The van der Waals surface area contributed by atoms with Crippen molar-refractivity contribution in [2.45, 2.75) is 6.92 Å². The minimum absolute atomic E-state index is 1.24. The average Bonchev–Trinajstić information content (AvgIpc) is 3.08. The van der Waals surface area contributed by atoms with Crippen LogP contribution in [0.15, 0.2) is 97.2 Å². The van der Waals surface area contributed by atoms with Crippen LogP contribution in [0.1, 0.15) is 5.56 Å². The van der Waals surface area contributed by atoms with Crippen LogP contribution >= 0.6 is 0 Å². The Morgan fingerprint density at radius 2 is 1.41 bits per heavy atom. The van der Waals surface area contributed by atoms with Gasteiger partial charge >= 0.3 is 0 Å². The van der Waals surface area contributed by atoms with Crippen molar-refractivity contribution in [2.24, 2.45) is 14.1 Å². The van der Waals surface area contributed by atoms with E-state index in [0.29, 0.717) is 0 Å². The number of fused-ring (bicyclic) bond motifs is 4. The quantitative estimate of drug-likeness (QED) is 0.272. The number of benzene rings is 4. The van der Waals surface area contributed by atoms with E-state index in [-0.39, 0.29) is 0 Å². The molecule has 0 saturated heterocycles. The van der Waals surface area contributed by atoms with Gasteiger partial charge in [-0.1, -0.05) is 60.7 Å². The molecule has 0 saturated carbocycles. The molecule has 32 heavy (non-hydrogen) atoms. The van der Waals surface area contributed by atoms with Gasteiger partial charge in [-0.25, -0.2) is 0 Å². The van der Waals surface area contributed by atoms with Crippen molar-refractivity contribution in [1.29, 1.82) is 0 Å². The average molecular weight is 414 g/mol. The highest BCUT2D eigenvalue weighted by Gasteiger charge is 2.18. The summed E-state index contributed by atoms with van der Waals surface area (Å²) in [6.07, 6.45) is 2.26. The number of pyridine rings is 1. The van der Waals surface area contributed by atoms with Crippen molar-refractivity contribution in [3.8, 4) is 22.4 Å². The topological polar surface area (TPSA) is 8.81 Å². The van der Waals surface area contributed by atoms with Crippen LogP contribution < -0.4 is 4.57 Å². The molecule has 0 aliphatic rings. The summed E-state index contributed by atoms with van der Waals surface area (Å²) in [4.78, 5) is 0. The van der Waals surface area contributed by atoms with Crippen LogP contribution in [0.4, 0.5) is 0 Å². The van der Waals surface area contributed by atoms with E-state index in [1.54, 1.807) is 0 Å². The highest BCUT2D eigenvalue weighted by Crippen LogP contribution is 2.34. The van der Waals surface area contributed by atoms with E-state index >= 15 is 0 Å². The van der Waals surface area contributed by atoms with Crippen LogP contribution in [-0.2, 0) is 14.1 Å². The molecule has 0 aliphatic heterocycles. The minimum Gasteiger partial charge on any atom is -0.339 e. The second kappa shape index (κ2) is 7.06. The molecule has 154 valence electrons. The summed E-state index contributed by atoms with van der Waals surface area (Å²) in [6.45, 7) is 2.18. The molecule has 6 aromatic rings. The summed E-state index contributed by atoms with van der Waals surface area (Å²) in [5.74, 6) is 0. The molecule has 2 nitrogen and oxygen atoms in total. The van der Waals surface area contributed by atoms with Gasteiger partial charge in [0.25, 0.3) is 0 Å². The first-order valence-corrected chi connectivity index (χ1v) is 11.1. The Hall–Kier alpha value is -3.91. The Morgan fingerprint density at radius 1 is 0.656 bits per heavy atom. The lowest BCUT2D eigenvalue weighted by Crippen LogP contribution is -2.30. The predicted octanol–water partition coefficient (Wildman–Crippen LogP) is 6.95. The lowest BCUT2D eigenvalue weighted by molar-refractivity contribution is -0.659. The maximum atomic E-state index is 2.35. The van der Waals surface area contributed by atoms with Crippen molar-refractivity contribution in [1.82, 2.24) is 4.57 Å². The maximum Gasteiger partial charge on any atom is 0.213 e. The van der Waals surface area contributed by atoms with Crippen molar-refractivity contribution < 1.29 is 4.57 Å². The fourth-order valence-electron chi connectivity index (χ4n) is 4.96. The second-order valence-electron chi connectivity index (χ2n) is 8.74. The third-order valence-electron chi connectivity index (χ3n) is 6.75. The lowest BCUT2D eigenvalue weighted by atomic mass is 9.99. The molecule has 0 radical (unpaired) electrons. The Labute approximate surface area is 188 Å². The summed E-state index contributed by atoms with van der Waals surface area (Å²) in [5, 5.41) is 5.15. The molecular formula is C30H25N2+. The summed E-state index contributed by atoms with van der Waals surface area (Å²) in [7, 11) is 4.31. The Kier molecular flexibility index (Phi) is 4.16. The molecular weight excluding hydrogens is 388 g/mol. The van der Waals surface area contributed by atoms with Gasteiger partial charge in [-0.2, -0.15) is 4.57 Å². The Balaban J connectivity index is 1.62. The summed E-state index contributed by atoms with van der Waals surface area (Å²) in [5.41, 5.74) is 8.83. The zero-order chi connectivity index (χ0) is 21.8. The van der Waals surface area contributed by atoms with Crippen LogP contribution in [-0.4, -0.2) is 4.57 Å². The molecule has 0 unspecified atom stereocenters. The van der Waals surface area contributed by atoms with Gasteiger partial charge in [-0.3, -0.25) is 0 Å². The van der Waals surface area contributed by atoms with Crippen molar-refractivity contribution in [3.63, 3.8) is 0 Å². The Bertz CT molecular complexity index is 1640. The summed E-state index contributed by atoms with van der Waals surface area (Å²) >= 11 is 0. The van der Waals surface area contributed by atoms with Gasteiger partial charge in [0.2, 0.25) is 5.69 Å². The number of nitrogens with zero attached hydrogens (tertiary/aromatic N) is 2. The normalized spacial score (nSPS) is 11.6. The van der Waals surface area contributed by atoms with E-state index in [9.17, 15) is 0 Å². The molecule has 2 heteroatoms. The van der Waals surface area contributed by atoms with E-state index in [2.05, 4.69) is 127 Å². The van der Waals surface area contributed by atoms with Gasteiger partial charge in [0, 0.05) is 35.0 Å². The van der Waals surface area contributed by atoms with Gasteiger partial charge in [0.1, 0.15) is 12.6 Å².